The van der Waals surface area contributed by atoms with Crippen molar-refractivity contribution in [2.75, 3.05) is 7.05 Å². The lowest BCUT2D eigenvalue weighted by Crippen LogP contribution is -2.39. The Morgan fingerprint density at radius 3 is 2.71 bits per heavy atom. The fraction of sp³-hybridized carbons (Fsp3) is 0.529. The molecule has 1 aromatic rings. The topological polar surface area (TPSA) is 81.1 Å². The van der Waals surface area contributed by atoms with Crippen molar-refractivity contribution in [3.05, 3.63) is 30.1 Å². The van der Waals surface area contributed by atoms with E-state index in [0.717, 1.165) is 5.56 Å². The first-order valence-electron chi connectivity index (χ1n) is 7.81. The van der Waals surface area contributed by atoms with Gasteiger partial charge < -0.3 is 14.5 Å². The van der Waals surface area contributed by atoms with Crippen LogP contribution in [-0.2, 0) is 19.2 Å². The number of amides is 1. The van der Waals surface area contributed by atoms with E-state index in [9.17, 15) is 9.59 Å². The van der Waals surface area contributed by atoms with Crippen LogP contribution in [0.4, 0.5) is 0 Å². The van der Waals surface area contributed by atoms with Gasteiger partial charge in [0, 0.05) is 25.9 Å². The standard InChI is InChI=1S/C17H23N3O4/c1-11(12-7-6-8-18-10-12)20(5)15(21)14-9-13(19-24-14)16(22)23-17(2,3)4/h6-8,10-11,14H,9H2,1-5H3/t11-,14-/m1/s1. The summed E-state index contributed by atoms with van der Waals surface area (Å²) in [6, 6.07) is 3.56. The van der Waals surface area contributed by atoms with Crippen LogP contribution in [0.1, 0.15) is 45.7 Å². The fourth-order valence-corrected chi connectivity index (χ4v) is 2.23. The minimum absolute atomic E-state index is 0.109. The van der Waals surface area contributed by atoms with E-state index >= 15 is 0 Å². The molecule has 2 heterocycles. The highest BCUT2D eigenvalue weighted by Crippen LogP contribution is 2.22. The highest BCUT2D eigenvalue weighted by molar-refractivity contribution is 6.37. The maximum absolute atomic E-state index is 12.6. The molecule has 24 heavy (non-hydrogen) atoms. The normalized spacial score (nSPS) is 18.4. The van der Waals surface area contributed by atoms with Gasteiger partial charge in [-0.3, -0.25) is 9.78 Å². The summed E-state index contributed by atoms with van der Waals surface area (Å²) in [6.45, 7) is 7.22. The molecule has 0 bridgehead atoms. The van der Waals surface area contributed by atoms with E-state index in [-0.39, 0.29) is 24.1 Å². The Bertz CT molecular complexity index is 637. The largest absolute Gasteiger partial charge is 0.455 e. The van der Waals surface area contributed by atoms with Crippen molar-refractivity contribution in [2.45, 2.75) is 51.9 Å². The molecule has 0 fully saturated rings. The smallest absolute Gasteiger partial charge is 0.356 e. The molecule has 7 heteroatoms. The quantitative estimate of drug-likeness (QED) is 0.788. The average Bonchev–Trinajstić information content (AvgIpc) is 3.02. The minimum Gasteiger partial charge on any atom is -0.455 e. The Morgan fingerprint density at radius 1 is 1.42 bits per heavy atom. The SMILES string of the molecule is C[C@H](c1cccnc1)N(C)C(=O)[C@H]1CC(C(=O)OC(C)(C)C)=NO1. The van der Waals surface area contributed by atoms with Crippen LogP contribution in [0.5, 0.6) is 0 Å². The Morgan fingerprint density at radius 2 is 2.12 bits per heavy atom. The van der Waals surface area contributed by atoms with Crippen molar-refractivity contribution < 1.29 is 19.2 Å². The second kappa shape index (κ2) is 6.98. The second-order valence-corrected chi connectivity index (χ2v) is 6.75. The molecule has 1 aliphatic heterocycles. The van der Waals surface area contributed by atoms with Gasteiger partial charge in [0.05, 0.1) is 6.04 Å². The van der Waals surface area contributed by atoms with Gasteiger partial charge in [0.1, 0.15) is 5.60 Å². The van der Waals surface area contributed by atoms with Crippen LogP contribution < -0.4 is 0 Å². The van der Waals surface area contributed by atoms with E-state index in [1.807, 2.05) is 19.1 Å². The molecular weight excluding hydrogens is 310 g/mol. The van der Waals surface area contributed by atoms with E-state index in [1.54, 1.807) is 45.1 Å². The van der Waals surface area contributed by atoms with Crippen LogP contribution >= 0.6 is 0 Å². The van der Waals surface area contributed by atoms with Crippen molar-refractivity contribution in [3.63, 3.8) is 0 Å². The summed E-state index contributed by atoms with van der Waals surface area (Å²) in [4.78, 5) is 35.3. The maximum Gasteiger partial charge on any atom is 0.356 e. The maximum atomic E-state index is 12.6. The highest BCUT2D eigenvalue weighted by Gasteiger charge is 2.36. The first-order chi connectivity index (χ1) is 11.2. The van der Waals surface area contributed by atoms with Crippen molar-refractivity contribution >= 4 is 17.6 Å². The summed E-state index contributed by atoms with van der Waals surface area (Å²) in [7, 11) is 1.69. The number of ether oxygens (including phenoxy) is 1. The van der Waals surface area contributed by atoms with Gasteiger partial charge >= 0.3 is 5.97 Å². The van der Waals surface area contributed by atoms with Crippen LogP contribution in [0.25, 0.3) is 0 Å². The Balaban J connectivity index is 1.96. The fourth-order valence-electron chi connectivity index (χ4n) is 2.23. The van der Waals surface area contributed by atoms with Gasteiger partial charge in [-0.15, -0.1) is 0 Å². The first kappa shape index (κ1) is 17.9. The number of carbonyl (C=O) groups is 2. The Kier molecular flexibility index (Phi) is 5.21. The summed E-state index contributed by atoms with van der Waals surface area (Å²) in [5.74, 6) is -0.797. The zero-order chi connectivity index (χ0) is 17.9. The number of hydrogen-bond acceptors (Lipinski definition) is 6. The highest BCUT2D eigenvalue weighted by atomic mass is 16.7. The number of nitrogens with zero attached hydrogens (tertiary/aromatic N) is 3. The molecule has 130 valence electrons. The number of pyridine rings is 1. The Labute approximate surface area is 141 Å². The van der Waals surface area contributed by atoms with Crippen LogP contribution in [0.3, 0.4) is 0 Å². The van der Waals surface area contributed by atoms with Gasteiger partial charge in [-0.25, -0.2) is 4.79 Å². The molecule has 0 saturated carbocycles. The third kappa shape index (κ3) is 4.31. The number of aromatic nitrogens is 1. The lowest BCUT2D eigenvalue weighted by molar-refractivity contribution is -0.146. The molecule has 1 aromatic heterocycles. The summed E-state index contributed by atoms with van der Waals surface area (Å²) in [6.07, 6.45) is 2.69. The molecule has 2 atom stereocenters. The monoisotopic (exact) mass is 333 g/mol. The lowest BCUT2D eigenvalue weighted by atomic mass is 10.1. The number of carbonyl (C=O) groups excluding carboxylic acids is 2. The van der Waals surface area contributed by atoms with E-state index in [2.05, 4.69) is 10.1 Å². The first-order valence-corrected chi connectivity index (χ1v) is 7.81. The Hall–Kier alpha value is -2.44. The van der Waals surface area contributed by atoms with Gasteiger partial charge in [-0.2, -0.15) is 0 Å². The van der Waals surface area contributed by atoms with Gasteiger partial charge in [0.15, 0.2) is 5.71 Å². The average molecular weight is 333 g/mol. The zero-order valence-electron chi connectivity index (χ0n) is 14.6. The molecule has 7 nitrogen and oxygen atoms in total. The molecule has 0 aliphatic carbocycles. The molecule has 0 N–H and O–H groups in total. The van der Waals surface area contributed by atoms with Crippen molar-refractivity contribution in [2.24, 2.45) is 5.16 Å². The number of likely N-dealkylation sites (N-methyl/N-ethyl adjacent to an activating group) is 1. The van der Waals surface area contributed by atoms with Gasteiger partial charge in [0.25, 0.3) is 5.91 Å². The van der Waals surface area contributed by atoms with E-state index in [4.69, 9.17) is 9.57 Å². The third-order valence-corrected chi connectivity index (χ3v) is 3.67. The molecule has 0 saturated heterocycles. The summed E-state index contributed by atoms with van der Waals surface area (Å²) in [5.41, 5.74) is 0.429. The molecule has 0 spiro atoms. The van der Waals surface area contributed by atoms with Gasteiger partial charge in [-0.05, 0) is 39.3 Å². The number of esters is 1. The van der Waals surface area contributed by atoms with Crippen molar-refractivity contribution in [1.82, 2.24) is 9.88 Å². The molecule has 1 amide bonds. The summed E-state index contributed by atoms with van der Waals surface area (Å²) >= 11 is 0. The summed E-state index contributed by atoms with van der Waals surface area (Å²) < 4.78 is 5.24. The molecule has 0 unspecified atom stereocenters. The second-order valence-electron chi connectivity index (χ2n) is 6.75. The number of rotatable bonds is 4. The van der Waals surface area contributed by atoms with Crippen LogP contribution in [0.2, 0.25) is 0 Å². The van der Waals surface area contributed by atoms with Crippen molar-refractivity contribution in [1.29, 1.82) is 0 Å². The predicted molar refractivity (Wildman–Crippen MR) is 88.2 cm³/mol. The molecule has 0 radical (unpaired) electrons. The predicted octanol–water partition coefficient (Wildman–Crippen LogP) is 2.09. The van der Waals surface area contributed by atoms with Crippen LogP contribution in [0, 0.1) is 0 Å². The van der Waals surface area contributed by atoms with E-state index < -0.39 is 17.7 Å². The van der Waals surface area contributed by atoms with Crippen LogP contribution in [-0.4, -0.2) is 46.2 Å². The number of oxime groups is 1. The lowest BCUT2D eigenvalue weighted by Gasteiger charge is -2.26. The number of hydrogen-bond donors (Lipinski definition) is 0. The molecule has 2 rings (SSSR count). The summed E-state index contributed by atoms with van der Waals surface area (Å²) in [5, 5.41) is 3.72. The molecule has 1 aliphatic rings. The van der Waals surface area contributed by atoms with Crippen LogP contribution in [0.15, 0.2) is 29.7 Å². The van der Waals surface area contributed by atoms with Gasteiger partial charge in [-0.1, -0.05) is 11.2 Å². The van der Waals surface area contributed by atoms with E-state index in [0.29, 0.717) is 0 Å². The molecule has 0 aromatic carbocycles. The molecular formula is C17H23N3O4. The van der Waals surface area contributed by atoms with Gasteiger partial charge in [0.2, 0.25) is 6.10 Å². The zero-order valence-corrected chi connectivity index (χ0v) is 14.6. The minimum atomic E-state index is -0.809. The van der Waals surface area contributed by atoms with Crippen molar-refractivity contribution in [3.8, 4) is 0 Å². The third-order valence-electron chi connectivity index (χ3n) is 3.67. The van der Waals surface area contributed by atoms with E-state index in [1.165, 1.54) is 0 Å².